The molecule has 3 fully saturated rings. The molecule has 0 aromatic heterocycles. The fraction of sp³-hybridized carbons (Fsp3) is 1.00. The minimum atomic E-state index is -0.582. The van der Waals surface area contributed by atoms with Crippen LogP contribution in [0.4, 0.5) is 0 Å². The maximum atomic E-state index is 11.8. The van der Waals surface area contributed by atoms with Gasteiger partial charge < -0.3 is 10.2 Å². The second kappa shape index (κ2) is 5.96. The summed E-state index contributed by atoms with van der Waals surface area (Å²) in [6, 6.07) is 0. The Morgan fingerprint density at radius 3 is 1.96 bits per heavy atom. The van der Waals surface area contributed by atoms with Gasteiger partial charge in [-0.2, -0.15) is 0 Å². The van der Waals surface area contributed by atoms with Gasteiger partial charge in [0.05, 0.1) is 11.7 Å². The molecule has 0 aromatic rings. The lowest BCUT2D eigenvalue weighted by molar-refractivity contribution is -0.275. The zero-order valence-corrected chi connectivity index (χ0v) is 18.8. The molecule has 0 bridgehead atoms. The maximum absolute atomic E-state index is 11.8. The molecule has 0 aliphatic heterocycles. The van der Waals surface area contributed by atoms with E-state index in [-0.39, 0.29) is 22.3 Å². The van der Waals surface area contributed by atoms with Gasteiger partial charge >= 0.3 is 0 Å². The summed E-state index contributed by atoms with van der Waals surface area (Å²) < 4.78 is 0. The quantitative estimate of drug-likeness (QED) is 0.643. The first-order valence-electron chi connectivity index (χ1n) is 11.2. The van der Waals surface area contributed by atoms with Crippen LogP contribution < -0.4 is 0 Å². The van der Waals surface area contributed by atoms with Crippen molar-refractivity contribution in [1.82, 2.24) is 0 Å². The Morgan fingerprint density at radius 2 is 1.42 bits per heavy atom. The van der Waals surface area contributed by atoms with Crippen LogP contribution in [-0.4, -0.2) is 21.9 Å². The minimum Gasteiger partial charge on any atom is -0.392 e. The Kier molecular flexibility index (Phi) is 4.73. The number of rotatable bonds is 1. The third-order valence-electron chi connectivity index (χ3n) is 10.8. The van der Waals surface area contributed by atoms with Gasteiger partial charge in [0.25, 0.3) is 0 Å². The predicted molar refractivity (Wildman–Crippen MR) is 109 cm³/mol. The summed E-state index contributed by atoms with van der Waals surface area (Å²) in [7, 11) is 0. The molecule has 2 nitrogen and oxygen atoms in total. The molecular formula is C24H44O2. The average Bonchev–Trinajstić information content (AvgIpc) is 2.54. The second-order valence-corrected chi connectivity index (χ2v) is 11.8. The number of hydrogen-bond donors (Lipinski definition) is 2. The lowest BCUT2D eigenvalue weighted by atomic mass is 9.35. The Hall–Kier alpha value is -0.0800. The van der Waals surface area contributed by atoms with Gasteiger partial charge in [0.15, 0.2) is 0 Å². The molecule has 152 valence electrons. The van der Waals surface area contributed by atoms with Crippen molar-refractivity contribution in [1.29, 1.82) is 0 Å². The topological polar surface area (TPSA) is 40.5 Å². The highest BCUT2D eigenvalue weighted by Crippen LogP contribution is 2.71. The average molecular weight is 365 g/mol. The SMILES string of the molecule is CC1C2C3(C)CCC(C)C(C)(O)C3CCC2(C)C(O)C(C)(C(C)C)C1C. The molecule has 10 atom stereocenters. The normalized spacial score (nSPS) is 60.5. The molecule has 2 heteroatoms. The molecule has 0 amide bonds. The van der Waals surface area contributed by atoms with Crippen LogP contribution in [0.15, 0.2) is 0 Å². The summed E-state index contributed by atoms with van der Waals surface area (Å²) in [5, 5.41) is 23.2. The Morgan fingerprint density at radius 1 is 0.885 bits per heavy atom. The van der Waals surface area contributed by atoms with Crippen molar-refractivity contribution < 1.29 is 10.2 Å². The van der Waals surface area contributed by atoms with Crippen molar-refractivity contribution >= 4 is 0 Å². The van der Waals surface area contributed by atoms with Crippen LogP contribution in [0.1, 0.15) is 88.0 Å². The summed E-state index contributed by atoms with van der Waals surface area (Å²) in [6.07, 6.45) is 4.12. The Bertz CT molecular complexity index is 554. The molecule has 3 aliphatic rings. The smallest absolute Gasteiger partial charge is 0.0678 e. The number of hydrogen-bond acceptors (Lipinski definition) is 2. The Balaban J connectivity index is 2.11. The van der Waals surface area contributed by atoms with E-state index in [0.717, 1.165) is 19.3 Å². The highest BCUT2D eigenvalue weighted by molar-refractivity contribution is 5.17. The summed E-state index contributed by atoms with van der Waals surface area (Å²) >= 11 is 0. The van der Waals surface area contributed by atoms with Crippen molar-refractivity contribution in [3.63, 3.8) is 0 Å². The molecule has 3 saturated carbocycles. The van der Waals surface area contributed by atoms with E-state index in [9.17, 15) is 10.2 Å². The zero-order valence-electron chi connectivity index (χ0n) is 18.8. The van der Waals surface area contributed by atoms with Crippen LogP contribution in [0.3, 0.4) is 0 Å². The zero-order chi connectivity index (χ0) is 19.9. The summed E-state index contributed by atoms with van der Waals surface area (Å²) in [6.45, 7) is 20.9. The molecule has 0 heterocycles. The number of aliphatic hydroxyl groups excluding tert-OH is 1. The van der Waals surface area contributed by atoms with Gasteiger partial charge in [0, 0.05) is 0 Å². The third kappa shape index (κ3) is 2.30. The number of aliphatic hydroxyl groups is 2. The Labute approximate surface area is 162 Å². The fourth-order valence-corrected chi connectivity index (χ4v) is 8.53. The largest absolute Gasteiger partial charge is 0.392 e. The first-order chi connectivity index (χ1) is 11.8. The standard InChI is InChI=1S/C24H44O2/c1-14(2)23(8)17(5)16(4)19-21(6)12-10-15(3)24(9,26)18(21)11-13-22(19,7)20(23)25/h14-20,25-26H,10-13H2,1-9H3. The van der Waals surface area contributed by atoms with Crippen molar-refractivity contribution in [3.05, 3.63) is 0 Å². The second-order valence-electron chi connectivity index (χ2n) is 11.8. The maximum Gasteiger partial charge on any atom is 0.0678 e. The summed E-state index contributed by atoms with van der Waals surface area (Å²) in [4.78, 5) is 0. The van der Waals surface area contributed by atoms with E-state index in [0.29, 0.717) is 35.5 Å². The van der Waals surface area contributed by atoms with Gasteiger partial charge in [-0.05, 0) is 84.4 Å². The molecule has 3 aliphatic carbocycles. The van der Waals surface area contributed by atoms with E-state index in [1.54, 1.807) is 0 Å². The molecule has 0 saturated heterocycles. The minimum absolute atomic E-state index is 0.0433. The van der Waals surface area contributed by atoms with Gasteiger partial charge in [0.1, 0.15) is 0 Å². The lowest BCUT2D eigenvalue weighted by Gasteiger charge is -2.71. The van der Waals surface area contributed by atoms with Crippen LogP contribution in [0.25, 0.3) is 0 Å². The summed E-state index contributed by atoms with van der Waals surface area (Å²) in [5.74, 6) is 2.70. The molecule has 3 rings (SSSR count). The molecule has 0 radical (unpaired) electrons. The van der Waals surface area contributed by atoms with Crippen LogP contribution in [0.2, 0.25) is 0 Å². The van der Waals surface area contributed by atoms with Gasteiger partial charge in [-0.25, -0.2) is 0 Å². The number of fused-ring (bicyclic) bond motifs is 3. The monoisotopic (exact) mass is 364 g/mol. The molecule has 0 spiro atoms. The van der Waals surface area contributed by atoms with Crippen molar-refractivity contribution in [2.24, 2.45) is 51.8 Å². The van der Waals surface area contributed by atoms with E-state index >= 15 is 0 Å². The van der Waals surface area contributed by atoms with Crippen molar-refractivity contribution in [2.45, 2.75) is 99.7 Å². The van der Waals surface area contributed by atoms with E-state index in [4.69, 9.17) is 0 Å². The van der Waals surface area contributed by atoms with Crippen molar-refractivity contribution in [3.8, 4) is 0 Å². The van der Waals surface area contributed by atoms with E-state index in [1.807, 2.05) is 0 Å². The third-order valence-corrected chi connectivity index (χ3v) is 10.8. The van der Waals surface area contributed by atoms with Gasteiger partial charge in [-0.1, -0.05) is 55.4 Å². The van der Waals surface area contributed by atoms with Gasteiger partial charge in [0.2, 0.25) is 0 Å². The fourth-order valence-electron chi connectivity index (χ4n) is 8.53. The van der Waals surface area contributed by atoms with Crippen molar-refractivity contribution in [2.75, 3.05) is 0 Å². The lowest BCUT2D eigenvalue weighted by Crippen LogP contribution is -2.70. The molecule has 0 aromatic carbocycles. The molecule has 10 unspecified atom stereocenters. The molecule has 26 heavy (non-hydrogen) atoms. The van der Waals surface area contributed by atoms with Gasteiger partial charge in [-0.3, -0.25) is 0 Å². The first kappa shape index (κ1) is 20.6. The first-order valence-corrected chi connectivity index (χ1v) is 11.2. The van der Waals surface area contributed by atoms with Crippen LogP contribution in [0, 0.1) is 51.8 Å². The van der Waals surface area contributed by atoms with Crippen LogP contribution >= 0.6 is 0 Å². The predicted octanol–water partition coefficient (Wildman–Crippen LogP) is 5.52. The van der Waals surface area contributed by atoms with Crippen LogP contribution in [0.5, 0.6) is 0 Å². The summed E-state index contributed by atoms with van der Waals surface area (Å²) in [5.41, 5.74) is -0.553. The molecule has 2 N–H and O–H groups in total. The highest BCUT2D eigenvalue weighted by Gasteiger charge is 2.69. The van der Waals surface area contributed by atoms with E-state index < -0.39 is 5.60 Å². The highest BCUT2D eigenvalue weighted by atomic mass is 16.3. The van der Waals surface area contributed by atoms with Gasteiger partial charge in [-0.15, -0.1) is 0 Å². The van der Waals surface area contributed by atoms with Crippen LogP contribution in [-0.2, 0) is 0 Å². The van der Waals surface area contributed by atoms with E-state index in [2.05, 4.69) is 62.3 Å². The molecular weight excluding hydrogens is 320 g/mol. The van der Waals surface area contributed by atoms with E-state index in [1.165, 1.54) is 6.42 Å².